The normalized spacial score (nSPS) is 12.1. The van der Waals surface area contributed by atoms with Crippen LogP contribution < -0.4 is 5.32 Å². The van der Waals surface area contributed by atoms with E-state index in [9.17, 15) is 27.6 Å². The van der Waals surface area contributed by atoms with Gasteiger partial charge in [-0.05, 0) is 23.8 Å². The molecular weight excluding hydrogens is 419 g/mol. The van der Waals surface area contributed by atoms with Crippen molar-refractivity contribution in [1.82, 2.24) is 0 Å². The number of carbonyl (C=O) groups excluding carboxylic acids is 3. The van der Waals surface area contributed by atoms with E-state index in [-0.39, 0.29) is 24.3 Å². The number of benzene rings is 3. The zero-order chi connectivity index (χ0) is 23.1. The Kier molecular flexibility index (Phi) is 7.20. The van der Waals surface area contributed by atoms with Crippen molar-refractivity contribution in [3.63, 3.8) is 0 Å². The first kappa shape index (κ1) is 22.9. The molecule has 0 aromatic heterocycles. The minimum absolute atomic E-state index is 0.0164. The van der Waals surface area contributed by atoms with E-state index in [1.165, 1.54) is 12.1 Å². The number of hydrogen-bond acceptors (Lipinski definition) is 3. The number of halogens is 3. The summed E-state index contributed by atoms with van der Waals surface area (Å²) in [5, 5.41) is 2.37. The number of rotatable bonds is 8. The van der Waals surface area contributed by atoms with Gasteiger partial charge in [0.1, 0.15) is 11.7 Å². The van der Waals surface area contributed by atoms with Gasteiger partial charge in [0, 0.05) is 24.1 Å². The number of anilines is 1. The molecule has 0 fully saturated rings. The molecular formula is C25H20F3NO3. The molecule has 0 radical (unpaired) electrons. The first-order valence-electron chi connectivity index (χ1n) is 9.90. The predicted molar refractivity (Wildman–Crippen MR) is 114 cm³/mol. The predicted octanol–water partition coefficient (Wildman–Crippen LogP) is 5.66. The number of Topliss-reactive ketones (excluding diaryl/α,β-unsaturated/α-hetero) is 2. The van der Waals surface area contributed by atoms with E-state index in [1.54, 1.807) is 60.7 Å². The van der Waals surface area contributed by atoms with Gasteiger partial charge in [0.25, 0.3) is 0 Å². The van der Waals surface area contributed by atoms with E-state index >= 15 is 0 Å². The number of carbonyl (C=O) groups is 3. The van der Waals surface area contributed by atoms with Gasteiger partial charge in [0.05, 0.1) is 5.56 Å². The molecule has 0 bridgehead atoms. The smallest absolute Gasteiger partial charge is 0.326 e. The van der Waals surface area contributed by atoms with E-state index < -0.39 is 29.3 Å². The highest BCUT2D eigenvalue weighted by atomic mass is 19.4. The molecule has 0 aliphatic rings. The Morgan fingerprint density at radius 2 is 1.41 bits per heavy atom. The maximum absolute atomic E-state index is 13.0. The molecule has 0 saturated carbocycles. The number of nitrogens with one attached hydrogen (secondary N) is 1. The molecule has 0 aliphatic heterocycles. The first-order valence-corrected chi connectivity index (χ1v) is 9.90. The number of alkyl halides is 3. The van der Waals surface area contributed by atoms with Crippen LogP contribution in [-0.2, 0) is 15.8 Å². The van der Waals surface area contributed by atoms with Crippen molar-refractivity contribution in [2.75, 3.05) is 5.32 Å². The molecule has 1 atom stereocenters. The van der Waals surface area contributed by atoms with Gasteiger partial charge in [-0.25, -0.2) is 0 Å². The fourth-order valence-electron chi connectivity index (χ4n) is 3.28. The topological polar surface area (TPSA) is 63.2 Å². The lowest BCUT2D eigenvalue weighted by atomic mass is 9.85. The zero-order valence-electron chi connectivity index (χ0n) is 16.9. The van der Waals surface area contributed by atoms with E-state index in [2.05, 4.69) is 5.32 Å². The minimum Gasteiger partial charge on any atom is -0.326 e. The van der Waals surface area contributed by atoms with E-state index in [4.69, 9.17) is 0 Å². The Balaban J connectivity index is 1.70. The summed E-state index contributed by atoms with van der Waals surface area (Å²) in [7, 11) is 0. The van der Waals surface area contributed by atoms with Crippen LogP contribution in [0.25, 0.3) is 0 Å². The number of ketones is 2. The van der Waals surface area contributed by atoms with Gasteiger partial charge >= 0.3 is 6.18 Å². The molecule has 0 saturated heterocycles. The van der Waals surface area contributed by atoms with Gasteiger partial charge in [0.15, 0.2) is 5.78 Å². The minimum atomic E-state index is -4.53. The van der Waals surface area contributed by atoms with Crippen molar-refractivity contribution >= 4 is 23.2 Å². The first-order chi connectivity index (χ1) is 15.3. The maximum atomic E-state index is 13.0. The summed E-state index contributed by atoms with van der Waals surface area (Å²) < 4.78 is 38.5. The molecule has 3 aromatic carbocycles. The van der Waals surface area contributed by atoms with E-state index in [0.717, 1.165) is 12.1 Å². The average molecular weight is 439 g/mol. The molecule has 0 spiro atoms. The summed E-state index contributed by atoms with van der Waals surface area (Å²) >= 11 is 0. The van der Waals surface area contributed by atoms with Crippen molar-refractivity contribution in [1.29, 1.82) is 0 Å². The van der Waals surface area contributed by atoms with Gasteiger partial charge in [-0.2, -0.15) is 13.2 Å². The molecule has 1 unspecified atom stereocenters. The molecule has 3 rings (SSSR count). The molecule has 1 N–H and O–H groups in total. The Morgan fingerprint density at radius 1 is 0.781 bits per heavy atom. The molecule has 0 heterocycles. The standard InChI is InChI=1S/C25H20F3NO3/c26-25(27,28)19-12-7-13-20(16-19)29-22(31)15-14-21(30)23(17-8-3-1-4-9-17)24(32)18-10-5-2-6-11-18/h1-13,16,23H,14-15H2,(H,29,31). The van der Waals surface area contributed by atoms with Crippen LogP contribution in [0.15, 0.2) is 84.9 Å². The molecule has 164 valence electrons. The Hall–Kier alpha value is -3.74. The van der Waals surface area contributed by atoms with Crippen LogP contribution in [0.5, 0.6) is 0 Å². The lowest BCUT2D eigenvalue weighted by Gasteiger charge is -2.16. The lowest BCUT2D eigenvalue weighted by molar-refractivity contribution is -0.137. The highest BCUT2D eigenvalue weighted by Crippen LogP contribution is 2.30. The third-order valence-corrected chi connectivity index (χ3v) is 4.85. The number of hydrogen-bond donors (Lipinski definition) is 1. The summed E-state index contributed by atoms with van der Waals surface area (Å²) in [4.78, 5) is 38.2. The second-order valence-corrected chi connectivity index (χ2v) is 7.17. The van der Waals surface area contributed by atoms with E-state index in [0.29, 0.717) is 11.1 Å². The van der Waals surface area contributed by atoms with Crippen molar-refractivity contribution in [2.24, 2.45) is 0 Å². The lowest BCUT2D eigenvalue weighted by Crippen LogP contribution is -2.24. The van der Waals surface area contributed by atoms with Gasteiger partial charge in [0.2, 0.25) is 5.91 Å². The maximum Gasteiger partial charge on any atom is 0.416 e. The SMILES string of the molecule is O=C(CCC(=O)C(C(=O)c1ccccc1)c1ccccc1)Nc1cccc(C(F)(F)F)c1. The highest BCUT2D eigenvalue weighted by molar-refractivity contribution is 6.15. The van der Waals surface area contributed by atoms with Crippen LogP contribution in [0.1, 0.15) is 40.2 Å². The van der Waals surface area contributed by atoms with Crippen molar-refractivity contribution in [2.45, 2.75) is 24.9 Å². The van der Waals surface area contributed by atoms with Gasteiger partial charge in [-0.1, -0.05) is 66.7 Å². The Morgan fingerprint density at radius 3 is 2.03 bits per heavy atom. The molecule has 3 aromatic rings. The third kappa shape index (κ3) is 5.91. The zero-order valence-corrected chi connectivity index (χ0v) is 16.9. The summed E-state index contributed by atoms with van der Waals surface area (Å²) in [6.07, 6.45) is -5.03. The largest absolute Gasteiger partial charge is 0.416 e. The monoisotopic (exact) mass is 439 g/mol. The second-order valence-electron chi connectivity index (χ2n) is 7.17. The van der Waals surface area contributed by atoms with Crippen LogP contribution in [0.2, 0.25) is 0 Å². The van der Waals surface area contributed by atoms with Crippen LogP contribution >= 0.6 is 0 Å². The summed E-state index contributed by atoms with van der Waals surface area (Å²) in [5.74, 6) is -2.50. The molecule has 32 heavy (non-hydrogen) atoms. The van der Waals surface area contributed by atoms with Crippen molar-refractivity contribution in [3.8, 4) is 0 Å². The van der Waals surface area contributed by atoms with Crippen molar-refractivity contribution < 1.29 is 27.6 Å². The number of amides is 1. The van der Waals surface area contributed by atoms with Gasteiger partial charge < -0.3 is 5.32 Å². The van der Waals surface area contributed by atoms with Gasteiger partial charge in [-0.15, -0.1) is 0 Å². The summed E-state index contributed by atoms with van der Waals surface area (Å²) in [6.45, 7) is 0. The fraction of sp³-hybridized carbons (Fsp3) is 0.160. The highest BCUT2D eigenvalue weighted by Gasteiger charge is 2.31. The average Bonchev–Trinajstić information content (AvgIpc) is 2.79. The third-order valence-electron chi connectivity index (χ3n) is 4.85. The van der Waals surface area contributed by atoms with E-state index in [1.807, 2.05) is 0 Å². The van der Waals surface area contributed by atoms with Crippen LogP contribution in [0, 0.1) is 0 Å². The molecule has 1 amide bonds. The van der Waals surface area contributed by atoms with Crippen LogP contribution in [-0.4, -0.2) is 17.5 Å². The second kappa shape index (κ2) is 10.0. The van der Waals surface area contributed by atoms with Crippen molar-refractivity contribution in [3.05, 3.63) is 102 Å². The molecule has 7 heteroatoms. The Labute approximate surface area is 183 Å². The van der Waals surface area contributed by atoms with Crippen LogP contribution in [0.4, 0.5) is 18.9 Å². The summed E-state index contributed by atoms with van der Waals surface area (Å²) in [5.41, 5.74) is -0.00557. The fourth-order valence-corrected chi connectivity index (χ4v) is 3.28. The Bertz CT molecular complexity index is 1100. The summed E-state index contributed by atoms with van der Waals surface area (Å²) in [6, 6.07) is 21.2. The molecule has 4 nitrogen and oxygen atoms in total. The quantitative estimate of drug-likeness (QED) is 0.364. The molecule has 0 aliphatic carbocycles. The van der Waals surface area contributed by atoms with Gasteiger partial charge in [-0.3, -0.25) is 14.4 Å². The van der Waals surface area contributed by atoms with Crippen LogP contribution in [0.3, 0.4) is 0 Å².